The number of allylic oxidation sites excluding steroid dienone is 4. The van der Waals surface area contributed by atoms with E-state index in [1.807, 2.05) is 24.3 Å². The highest BCUT2D eigenvalue weighted by Gasteiger charge is 2.63. The summed E-state index contributed by atoms with van der Waals surface area (Å²) in [7, 11) is 0. The van der Waals surface area contributed by atoms with E-state index in [4.69, 9.17) is 5.73 Å². The highest BCUT2D eigenvalue weighted by atomic mass is 16.4. The number of phenols is 1. The van der Waals surface area contributed by atoms with Gasteiger partial charge in [-0.25, -0.2) is 0 Å². The van der Waals surface area contributed by atoms with E-state index in [9.17, 15) is 20.1 Å². The Hall–Kier alpha value is -3.93. The number of fused-ring (bicyclic) bond motifs is 1. The summed E-state index contributed by atoms with van der Waals surface area (Å²) < 4.78 is 0. The summed E-state index contributed by atoms with van der Waals surface area (Å²) in [4.78, 5) is 13.6. The van der Waals surface area contributed by atoms with Gasteiger partial charge >= 0.3 is 5.97 Å². The lowest BCUT2D eigenvalue weighted by atomic mass is 9.39. The van der Waals surface area contributed by atoms with Crippen molar-refractivity contribution < 1.29 is 20.1 Å². The average Bonchev–Trinajstić information content (AvgIpc) is 3.27. The van der Waals surface area contributed by atoms with Crippen molar-refractivity contribution in [2.75, 3.05) is 6.54 Å². The molecule has 3 aromatic rings. The van der Waals surface area contributed by atoms with Crippen molar-refractivity contribution in [3.8, 4) is 5.75 Å². The molecule has 10 atom stereocenters. The van der Waals surface area contributed by atoms with Crippen LogP contribution in [0.1, 0.15) is 119 Å². The number of benzene rings is 3. The number of hydrogen-bond acceptors (Lipinski definition) is 4. The van der Waals surface area contributed by atoms with Gasteiger partial charge in [0.05, 0.1) is 12.5 Å². The molecule has 0 heterocycles. The topological polar surface area (TPSA) is 104 Å². The fourth-order valence-electron chi connectivity index (χ4n) is 14.0. The molecule has 5 heteroatoms. The number of hydrogen-bond donors (Lipinski definition) is 4. The molecule has 6 aliphatic carbocycles. The zero-order valence-corrected chi connectivity index (χ0v) is 35.9. The molecule has 0 radical (unpaired) electrons. The average molecular weight is 810 g/mol. The van der Waals surface area contributed by atoms with Gasteiger partial charge in [0.2, 0.25) is 0 Å². The van der Waals surface area contributed by atoms with Gasteiger partial charge in [-0.05, 0) is 164 Å². The maximum absolute atomic E-state index is 13.6. The number of aromatic hydroxyl groups is 1. The number of carbonyl (C=O) groups is 1. The first kappa shape index (κ1) is 42.7. The van der Waals surface area contributed by atoms with E-state index < -0.39 is 11.9 Å². The lowest BCUT2D eigenvalue weighted by Crippen LogP contribution is -2.61. The molecule has 0 spiro atoms. The third-order valence-electron chi connectivity index (χ3n) is 16.5. The number of carboxylic acids is 1. The smallest absolute Gasteiger partial charge is 0.310 e. The predicted molar refractivity (Wildman–Crippen MR) is 243 cm³/mol. The Labute approximate surface area is 360 Å². The second-order valence-corrected chi connectivity index (χ2v) is 19.8. The van der Waals surface area contributed by atoms with E-state index in [1.165, 1.54) is 55.2 Å². The summed E-state index contributed by atoms with van der Waals surface area (Å²) in [6.07, 6.45) is 34.1. The number of carboxylic acid groups (broad SMARTS) is 1. The number of phenolic OH excluding ortho intramolecular Hbond substituents is 1. The van der Waals surface area contributed by atoms with Crippen LogP contribution in [-0.4, -0.2) is 27.8 Å². The second kappa shape index (κ2) is 19.4. The minimum Gasteiger partial charge on any atom is -0.508 e. The van der Waals surface area contributed by atoms with E-state index in [0.717, 1.165) is 82.1 Å². The number of nitrogens with two attached hydrogens (primary N) is 1. The summed E-state index contributed by atoms with van der Waals surface area (Å²) in [5.74, 6) is 1.35. The molecule has 0 saturated heterocycles. The fourth-order valence-corrected chi connectivity index (χ4v) is 14.0. The maximum atomic E-state index is 13.6. The van der Waals surface area contributed by atoms with Gasteiger partial charge in [-0.2, -0.15) is 0 Å². The van der Waals surface area contributed by atoms with Crippen LogP contribution < -0.4 is 5.73 Å². The molecule has 320 valence electrons. The maximum Gasteiger partial charge on any atom is 0.310 e. The summed E-state index contributed by atoms with van der Waals surface area (Å²) >= 11 is 0. The van der Waals surface area contributed by atoms with Crippen LogP contribution in [0.15, 0.2) is 115 Å². The van der Waals surface area contributed by atoms with Crippen LogP contribution in [-0.2, 0) is 29.7 Å². The highest BCUT2D eigenvalue weighted by Crippen LogP contribution is 2.67. The molecular formula is C55H71NO4. The van der Waals surface area contributed by atoms with Crippen LogP contribution in [0.2, 0.25) is 0 Å². The minimum absolute atomic E-state index is 0.0515. The van der Waals surface area contributed by atoms with Crippen molar-refractivity contribution in [1.82, 2.24) is 0 Å². The Bertz CT molecular complexity index is 1960. The van der Waals surface area contributed by atoms with Gasteiger partial charge in [0.1, 0.15) is 5.75 Å². The molecule has 9 rings (SSSR count). The Morgan fingerprint density at radius 2 is 1.63 bits per heavy atom. The van der Waals surface area contributed by atoms with Gasteiger partial charge < -0.3 is 21.1 Å². The number of aliphatic hydroxyl groups excluding tert-OH is 1. The molecule has 0 aromatic heterocycles. The molecular weight excluding hydrogens is 739 g/mol. The summed E-state index contributed by atoms with van der Waals surface area (Å²) in [6, 6.07) is 27.5. The van der Waals surface area contributed by atoms with E-state index in [1.54, 1.807) is 6.07 Å². The van der Waals surface area contributed by atoms with Gasteiger partial charge in [-0.15, -0.1) is 0 Å². The van der Waals surface area contributed by atoms with Gasteiger partial charge in [-0.3, -0.25) is 4.79 Å². The summed E-state index contributed by atoms with van der Waals surface area (Å²) in [6.45, 7) is 0.573. The van der Waals surface area contributed by atoms with E-state index in [0.29, 0.717) is 30.0 Å². The molecule has 60 heavy (non-hydrogen) atoms. The zero-order chi connectivity index (χ0) is 41.5. The van der Waals surface area contributed by atoms with E-state index >= 15 is 0 Å². The third-order valence-corrected chi connectivity index (χ3v) is 16.5. The first-order valence-electron chi connectivity index (χ1n) is 23.8. The number of aliphatic hydroxyl groups is 1. The molecule has 2 bridgehead atoms. The van der Waals surface area contributed by atoms with Crippen molar-refractivity contribution in [3.05, 3.63) is 138 Å². The standard InChI is InChI=1S/C55H71NO4/c56-37-45-26-27-48(53(59)60)51-50-29-32-54(52(45)51,36-41(25-24-40-17-10-19-43(33-40)38-57)16-7-2-6-15-39-13-4-1-5-14-39)31-28-49-44(34-42-18-11-23-47(58)35-42)20-12-30-55(49,50)46-21-8-3-9-22-46/h2-3,7-11,17-19,21-23,26-27,29,32-33,35,39,41,44-45,48-52,57-58H,1,4-6,12-16,20,24-25,28,30-31,34,36-38,56H2,(H,59,60)/t41-,44+,45+,48+,49-,50-,51?,52?,54-,55+/m0/s1. The largest absolute Gasteiger partial charge is 0.508 e. The molecule has 5 N–H and O–H groups in total. The van der Waals surface area contributed by atoms with Crippen molar-refractivity contribution in [3.63, 3.8) is 0 Å². The minimum atomic E-state index is -0.709. The Kier molecular flexibility index (Phi) is 13.8. The molecule has 2 unspecified atom stereocenters. The molecule has 3 saturated carbocycles. The lowest BCUT2D eigenvalue weighted by Gasteiger charge is -2.64. The number of aryl methyl sites for hydroxylation is 1. The Balaban J connectivity index is 1.19. The zero-order valence-electron chi connectivity index (χ0n) is 35.9. The van der Waals surface area contributed by atoms with Crippen molar-refractivity contribution >= 4 is 5.97 Å². The van der Waals surface area contributed by atoms with Gasteiger partial charge in [-0.1, -0.05) is 142 Å². The van der Waals surface area contributed by atoms with Gasteiger partial charge in [0.25, 0.3) is 0 Å². The molecule has 3 aromatic carbocycles. The quantitative estimate of drug-likeness (QED) is 0.108. The van der Waals surface area contributed by atoms with E-state index in [-0.39, 0.29) is 41.1 Å². The first-order chi connectivity index (χ1) is 29.3. The van der Waals surface area contributed by atoms with Crippen LogP contribution in [0, 0.1) is 58.7 Å². The van der Waals surface area contributed by atoms with Crippen LogP contribution in [0.25, 0.3) is 0 Å². The molecule has 0 amide bonds. The van der Waals surface area contributed by atoms with Crippen LogP contribution in [0.5, 0.6) is 5.75 Å². The number of aliphatic carboxylic acids is 1. The Morgan fingerprint density at radius 3 is 2.42 bits per heavy atom. The van der Waals surface area contributed by atoms with Gasteiger partial charge in [0.15, 0.2) is 0 Å². The number of rotatable bonds is 16. The normalized spacial score (nSPS) is 31.9. The van der Waals surface area contributed by atoms with Crippen LogP contribution >= 0.6 is 0 Å². The van der Waals surface area contributed by atoms with Crippen molar-refractivity contribution in [2.24, 2.45) is 64.4 Å². The predicted octanol–water partition coefficient (Wildman–Crippen LogP) is 11.8. The fraction of sp³-hybridized carbons (Fsp3) is 0.545. The first-order valence-corrected chi connectivity index (χ1v) is 23.8. The lowest BCUT2D eigenvalue weighted by molar-refractivity contribution is -0.149. The molecule has 3 fully saturated rings. The molecule has 0 aliphatic heterocycles. The van der Waals surface area contributed by atoms with Crippen LogP contribution in [0.4, 0.5) is 0 Å². The third kappa shape index (κ3) is 9.00. The molecule has 6 aliphatic rings. The molecule has 5 nitrogen and oxygen atoms in total. The van der Waals surface area contributed by atoms with E-state index in [2.05, 4.69) is 85.0 Å². The monoisotopic (exact) mass is 810 g/mol. The summed E-state index contributed by atoms with van der Waals surface area (Å²) in [5.41, 5.74) is 11.2. The second-order valence-electron chi connectivity index (χ2n) is 19.8. The Morgan fingerprint density at radius 1 is 0.833 bits per heavy atom. The van der Waals surface area contributed by atoms with Crippen LogP contribution in [0.3, 0.4) is 0 Å². The van der Waals surface area contributed by atoms with Gasteiger partial charge in [0, 0.05) is 5.41 Å². The van der Waals surface area contributed by atoms with Crippen molar-refractivity contribution in [1.29, 1.82) is 0 Å². The highest BCUT2D eigenvalue weighted by molar-refractivity contribution is 5.73. The van der Waals surface area contributed by atoms with Crippen molar-refractivity contribution in [2.45, 2.75) is 121 Å². The summed E-state index contributed by atoms with van der Waals surface area (Å²) in [5, 5.41) is 31.7. The SMILES string of the molecule is NC[C@H]1C=C[C@@H](C(=O)O)C2C1[C@]1(C[C@@H](CC=CCCC3CCCCC3)CCc3cccc(CO)c3)C=C[C@@H]2[C@@]2(c3ccccc3)CCC[C@H](Cc3cccc(O)c3)[C@@H]2CC1.